The van der Waals surface area contributed by atoms with Gasteiger partial charge in [-0.15, -0.1) is 0 Å². The molecule has 4 rings (SSSR count). The summed E-state index contributed by atoms with van der Waals surface area (Å²) in [5, 5.41) is 7.98. The number of nitrogens with zero attached hydrogens (tertiary/aromatic N) is 1. The Labute approximate surface area is 139 Å². The normalized spacial score (nSPS) is 16.9. The molecule has 0 amide bonds. The highest BCUT2D eigenvalue weighted by molar-refractivity contribution is 8.14. The molecule has 3 aromatic rings. The third kappa shape index (κ3) is 2.55. The monoisotopic (exact) mass is 320 g/mol. The fourth-order valence-corrected chi connectivity index (χ4v) is 3.91. The minimum absolute atomic E-state index is 0.0475. The average Bonchev–Trinajstić information content (AvgIpc) is 3.11. The van der Waals surface area contributed by atoms with E-state index in [0.29, 0.717) is 0 Å². The van der Waals surface area contributed by atoms with Crippen molar-refractivity contribution in [3.63, 3.8) is 0 Å². The summed E-state index contributed by atoms with van der Waals surface area (Å²) in [4.78, 5) is 0. The molecule has 1 aliphatic rings. The van der Waals surface area contributed by atoms with E-state index in [1.54, 1.807) is 18.9 Å². The Bertz CT molecular complexity index is 877. The van der Waals surface area contributed by atoms with Gasteiger partial charge in [-0.1, -0.05) is 72.4 Å². The van der Waals surface area contributed by atoms with Crippen LogP contribution < -0.4 is 10.2 Å². The Hall–Kier alpha value is -2.46. The topological polar surface area (TPSA) is 33.6 Å². The van der Waals surface area contributed by atoms with Crippen LogP contribution in [0.15, 0.2) is 71.8 Å². The van der Waals surface area contributed by atoms with E-state index in [9.17, 15) is 0 Å². The maximum atomic E-state index is 5.60. The first-order valence-electron chi connectivity index (χ1n) is 7.48. The Morgan fingerprint density at radius 3 is 2.57 bits per heavy atom. The molecule has 0 aliphatic carbocycles. The highest BCUT2D eigenvalue weighted by atomic mass is 32.2. The van der Waals surface area contributed by atoms with Crippen LogP contribution in [0.4, 0.5) is 0 Å². The number of nitrogens with one attached hydrogen (secondary N) is 1. The van der Waals surface area contributed by atoms with Crippen LogP contribution in [-0.4, -0.2) is 12.2 Å². The lowest BCUT2D eigenvalue weighted by Gasteiger charge is -2.17. The maximum Gasteiger partial charge on any atom is 0.126 e. The largest absolute Gasteiger partial charge is 0.496 e. The van der Waals surface area contributed by atoms with E-state index in [0.717, 1.165) is 21.9 Å². The summed E-state index contributed by atoms with van der Waals surface area (Å²) in [6, 6.07) is 22.7. The number of fused-ring (bicyclic) bond motifs is 1. The van der Waals surface area contributed by atoms with Gasteiger partial charge in [-0.2, -0.15) is 5.10 Å². The molecule has 1 N–H and O–H groups in total. The Morgan fingerprint density at radius 1 is 0.957 bits per heavy atom. The zero-order valence-corrected chi connectivity index (χ0v) is 13.5. The average molecular weight is 320 g/mol. The summed E-state index contributed by atoms with van der Waals surface area (Å²) in [6.07, 6.45) is 0. The standard InChI is InChI=1S/C19H16N2OS/c1-22-16-12-11-13-7-5-6-10-15(13)17(16)19-21-20-18(23-19)14-8-3-2-4-9-14/h2-12,19,21H,1H3/t19-/m1/s1. The molecule has 0 bridgehead atoms. The highest BCUT2D eigenvalue weighted by Crippen LogP contribution is 2.42. The van der Waals surface area contributed by atoms with Crippen molar-refractivity contribution in [3.8, 4) is 5.75 Å². The fourth-order valence-electron chi connectivity index (χ4n) is 2.84. The number of methoxy groups -OCH3 is 1. The molecule has 4 heteroatoms. The number of rotatable bonds is 3. The molecule has 0 unspecified atom stereocenters. The molecule has 3 nitrogen and oxygen atoms in total. The first-order chi connectivity index (χ1) is 11.4. The molecule has 0 radical (unpaired) electrons. The van der Waals surface area contributed by atoms with Crippen molar-refractivity contribution in [2.45, 2.75) is 5.37 Å². The van der Waals surface area contributed by atoms with Gasteiger partial charge in [0, 0.05) is 11.1 Å². The summed E-state index contributed by atoms with van der Waals surface area (Å²) in [5.41, 5.74) is 5.53. The predicted octanol–water partition coefficient (Wildman–Crippen LogP) is 4.55. The van der Waals surface area contributed by atoms with E-state index < -0.39 is 0 Å². The van der Waals surface area contributed by atoms with Crippen LogP contribution in [0.5, 0.6) is 5.75 Å². The minimum atomic E-state index is 0.0475. The SMILES string of the molecule is COc1ccc2ccccc2c1[C@@H]1NN=C(c2ccccc2)S1. The van der Waals surface area contributed by atoms with Crippen LogP contribution in [0.3, 0.4) is 0 Å². The molecule has 0 saturated heterocycles. The van der Waals surface area contributed by atoms with Crippen molar-refractivity contribution in [3.05, 3.63) is 77.9 Å². The molecule has 0 saturated carbocycles. The van der Waals surface area contributed by atoms with Crippen molar-refractivity contribution >= 4 is 27.6 Å². The van der Waals surface area contributed by atoms with Gasteiger partial charge < -0.3 is 4.74 Å². The lowest BCUT2D eigenvalue weighted by molar-refractivity contribution is 0.409. The molecule has 0 fully saturated rings. The van der Waals surface area contributed by atoms with Gasteiger partial charge in [-0.05, 0) is 16.8 Å². The molecule has 114 valence electrons. The molecule has 23 heavy (non-hydrogen) atoms. The second-order valence-corrected chi connectivity index (χ2v) is 6.41. The van der Waals surface area contributed by atoms with E-state index in [1.165, 1.54) is 10.8 Å². The van der Waals surface area contributed by atoms with Crippen molar-refractivity contribution in [1.29, 1.82) is 0 Å². The smallest absolute Gasteiger partial charge is 0.126 e. The summed E-state index contributed by atoms with van der Waals surface area (Å²) in [6.45, 7) is 0. The second-order valence-electron chi connectivity index (χ2n) is 5.31. The molecular weight excluding hydrogens is 304 g/mol. The van der Waals surface area contributed by atoms with Gasteiger partial charge in [-0.25, -0.2) is 0 Å². The quantitative estimate of drug-likeness (QED) is 0.769. The second kappa shape index (κ2) is 5.97. The van der Waals surface area contributed by atoms with Gasteiger partial charge in [0.1, 0.15) is 16.2 Å². The number of hydrogen-bond donors (Lipinski definition) is 1. The Kier molecular flexibility index (Phi) is 3.67. The third-order valence-corrected chi connectivity index (χ3v) is 5.07. The van der Waals surface area contributed by atoms with E-state index in [2.05, 4.69) is 53.0 Å². The van der Waals surface area contributed by atoms with E-state index in [-0.39, 0.29) is 5.37 Å². The lowest BCUT2D eigenvalue weighted by atomic mass is 10.0. The summed E-state index contributed by atoms with van der Waals surface area (Å²) in [5.74, 6) is 0.887. The van der Waals surface area contributed by atoms with Crippen LogP contribution in [0.2, 0.25) is 0 Å². The van der Waals surface area contributed by atoms with Crippen LogP contribution in [0.25, 0.3) is 10.8 Å². The number of thioether (sulfide) groups is 1. The van der Waals surface area contributed by atoms with Gasteiger partial charge >= 0.3 is 0 Å². The first kappa shape index (κ1) is 14.2. The summed E-state index contributed by atoms with van der Waals surface area (Å²) < 4.78 is 5.60. The molecule has 3 aromatic carbocycles. The molecule has 1 aliphatic heterocycles. The summed E-state index contributed by atoms with van der Waals surface area (Å²) in [7, 11) is 1.71. The van der Waals surface area contributed by atoms with E-state index in [4.69, 9.17) is 4.74 Å². The van der Waals surface area contributed by atoms with Gasteiger partial charge in [0.25, 0.3) is 0 Å². The number of hydrazone groups is 1. The van der Waals surface area contributed by atoms with Crippen LogP contribution in [0, 0.1) is 0 Å². The zero-order valence-electron chi connectivity index (χ0n) is 12.7. The van der Waals surface area contributed by atoms with Gasteiger partial charge in [0.2, 0.25) is 0 Å². The van der Waals surface area contributed by atoms with Crippen molar-refractivity contribution < 1.29 is 4.74 Å². The highest BCUT2D eigenvalue weighted by Gasteiger charge is 2.26. The third-order valence-electron chi connectivity index (χ3n) is 3.95. The summed E-state index contributed by atoms with van der Waals surface area (Å²) >= 11 is 1.72. The van der Waals surface area contributed by atoms with Crippen LogP contribution >= 0.6 is 11.8 Å². The Balaban J connectivity index is 1.74. The fraction of sp³-hybridized carbons (Fsp3) is 0.105. The van der Waals surface area contributed by atoms with Crippen molar-refractivity contribution in [2.24, 2.45) is 5.10 Å². The van der Waals surface area contributed by atoms with Gasteiger partial charge in [0.05, 0.1) is 7.11 Å². The minimum Gasteiger partial charge on any atom is -0.496 e. The number of hydrogen-bond acceptors (Lipinski definition) is 4. The van der Waals surface area contributed by atoms with Crippen LogP contribution in [0.1, 0.15) is 16.5 Å². The van der Waals surface area contributed by atoms with Gasteiger partial charge in [-0.3, -0.25) is 5.43 Å². The lowest BCUT2D eigenvalue weighted by Crippen LogP contribution is -2.09. The van der Waals surface area contributed by atoms with Crippen molar-refractivity contribution in [2.75, 3.05) is 7.11 Å². The zero-order chi connectivity index (χ0) is 15.6. The van der Waals surface area contributed by atoms with E-state index in [1.807, 2.05) is 24.3 Å². The van der Waals surface area contributed by atoms with Crippen molar-refractivity contribution in [1.82, 2.24) is 5.43 Å². The molecule has 1 heterocycles. The maximum absolute atomic E-state index is 5.60. The number of ether oxygens (including phenoxy) is 1. The molecule has 0 spiro atoms. The Morgan fingerprint density at radius 2 is 1.74 bits per heavy atom. The first-order valence-corrected chi connectivity index (χ1v) is 8.36. The molecule has 1 atom stereocenters. The molecular formula is C19H16N2OS. The van der Waals surface area contributed by atoms with Crippen LogP contribution in [-0.2, 0) is 0 Å². The van der Waals surface area contributed by atoms with E-state index >= 15 is 0 Å². The number of benzene rings is 3. The van der Waals surface area contributed by atoms with Gasteiger partial charge in [0.15, 0.2) is 0 Å². The molecule has 0 aromatic heterocycles. The predicted molar refractivity (Wildman–Crippen MR) is 96.9 cm³/mol.